The fourth-order valence-electron chi connectivity index (χ4n) is 4.39. The van der Waals surface area contributed by atoms with E-state index in [-0.39, 0.29) is 55.5 Å². The maximum absolute atomic E-state index is 10.7. The van der Waals surface area contributed by atoms with Gasteiger partial charge in [-0.05, 0) is 19.8 Å². The average Bonchev–Trinajstić information content (AvgIpc) is 2.63. The molecule has 2 rings (SSSR count). The summed E-state index contributed by atoms with van der Waals surface area (Å²) in [5, 5.41) is 21.2. The molecule has 0 amide bonds. The molecule has 7 nitrogen and oxygen atoms in total. The van der Waals surface area contributed by atoms with Gasteiger partial charge in [-0.25, -0.2) is 0 Å². The molecular formula is C21H42O7. The van der Waals surface area contributed by atoms with Gasteiger partial charge in [-0.1, -0.05) is 21.3 Å². The van der Waals surface area contributed by atoms with Crippen LogP contribution in [0.3, 0.4) is 0 Å². The maximum atomic E-state index is 10.7. The molecule has 10 atom stereocenters. The molecule has 7 heteroatoms. The van der Waals surface area contributed by atoms with Crippen LogP contribution < -0.4 is 0 Å². The highest BCUT2D eigenvalue weighted by atomic mass is 16.6. The van der Waals surface area contributed by atoms with Crippen LogP contribution in [0.5, 0.6) is 0 Å². The van der Waals surface area contributed by atoms with E-state index >= 15 is 0 Å². The molecule has 28 heavy (non-hydrogen) atoms. The molecule has 0 aromatic carbocycles. The summed E-state index contributed by atoms with van der Waals surface area (Å²) in [5.41, 5.74) is 0. The van der Waals surface area contributed by atoms with Crippen molar-refractivity contribution in [1.29, 1.82) is 0 Å². The zero-order valence-electron chi connectivity index (χ0n) is 17.5. The number of aliphatic hydroxyl groups is 2. The number of methoxy groups -OCH3 is 2. The van der Waals surface area contributed by atoms with Crippen molar-refractivity contribution in [3.63, 3.8) is 0 Å². The molecule has 0 bridgehead atoms. The van der Waals surface area contributed by atoms with Crippen LogP contribution in [0.25, 0.3) is 0 Å². The van der Waals surface area contributed by atoms with Crippen molar-refractivity contribution in [3.8, 4) is 0 Å². The highest BCUT2D eigenvalue weighted by Crippen LogP contribution is 2.33. The van der Waals surface area contributed by atoms with Crippen LogP contribution in [0.4, 0.5) is 0 Å². The molecule has 0 aromatic rings. The summed E-state index contributed by atoms with van der Waals surface area (Å²) in [7, 11) is 3.30. The van der Waals surface area contributed by atoms with Crippen LogP contribution in [0, 0.1) is 23.7 Å². The Morgan fingerprint density at radius 1 is 0.679 bits per heavy atom. The van der Waals surface area contributed by atoms with Gasteiger partial charge in [0.15, 0.2) is 0 Å². The predicted molar refractivity (Wildman–Crippen MR) is 107 cm³/mol. The second kappa shape index (κ2) is 11.8. The molecule has 2 aliphatic heterocycles. The van der Waals surface area contributed by atoms with Gasteiger partial charge in [0.2, 0.25) is 0 Å². The molecule has 0 aliphatic carbocycles. The van der Waals surface area contributed by atoms with Gasteiger partial charge in [0.05, 0.1) is 56.9 Å². The summed E-state index contributed by atoms with van der Waals surface area (Å²) >= 11 is 0. The Morgan fingerprint density at radius 3 is 1.86 bits per heavy atom. The first-order valence-corrected chi connectivity index (χ1v) is 10.0. The second-order valence-electron chi connectivity index (χ2n) is 8.23. The Labute approximate surface area is 170 Å². The number of hydrogen-bond donors (Lipinski definition) is 2. The predicted octanol–water partition coefficient (Wildman–Crippen LogP) is 1.73. The number of aliphatic hydroxyl groups excluding tert-OH is 2. The van der Waals surface area contributed by atoms with E-state index in [2.05, 4.69) is 0 Å². The molecule has 2 N–H and O–H groups in total. The monoisotopic (exact) mass is 406 g/mol. The number of rotatable bonds is 8. The zero-order chi connectivity index (χ0) is 20.1. The van der Waals surface area contributed by atoms with Crippen LogP contribution in [0.15, 0.2) is 0 Å². The Morgan fingerprint density at radius 2 is 1.25 bits per heavy atom. The van der Waals surface area contributed by atoms with E-state index in [0.717, 1.165) is 0 Å². The van der Waals surface area contributed by atoms with E-state index in [1.54, 1.807) is 14.2 Å². The standard InChI is InChI=1S/C20H38O7.CH4/c1-11-15(7-23-5)13(3)27-18(20(11)22)10-25-8-16-14(4)26-17(9-24-6)12(2)19(16)21;/h11-22H,7-10H2,1-6H3;1H4/t11-,12?,13?,14?,15+,16-,17+,18+,19+,20?;/m1./s1. The van der Waals surface area contributed by atoms with E-state index in [1.165, 1.54) is 0 Å². The first-order valence-electron chi connectivity index (χ1n) is 10.0. The van der Waals surface area contributed by atoms with E-state index in [1.807, 2.05) is 27.7 Å². The van der Waals surface area contributed by atoms with E-state index in [0.29, 0.717) is 26.4 Å². The van der Waals surface area contributed by atoms with Gasteiger partial charge >= 0.3 is 0 Å². The van der Waals surface area contributed by atoms with Crippen molar-refractivity contribution in [1.82, 2.24) is 0 Å². The van der Waals surface area contributed by atoms with E-state index < -0.39 is 12.2 Å². The third-order valence-electron chi connectivity index (χ3n) is 6.43. The van der Waals surface area contributed by atoms with Crippen LogP contribution in [0.2, 0.25) is 0 Å². The maximum Gasteiger partial charge on any atom is 0.107 e. The summed E-state index contributed by atoms with van der Waals surface area (Å²) in [6, 6.07) is 0. The van der Waals surface area contributed by atoms with E-state index in [9.17, 15) is 10.2 Å². The van der Waals surface area contributed by atoms with Gasteiger partial charge in [-0.3, -0.25) is 0 Å². The van der Waals surface area contributed by atoms with Crippen LogP contribution in [0.1, 0.15) is 35.1 Å². The van der Waals surface area contributed by atoms with Crippen molar-refractivity contribution < 1.29 is 33.9 Å². The molecule has 0 radical (unpaired) electrons. The molecule has 0 saturated carbocycles. The lowest BCUT2D eigenvalue weighted by molar-refractivity contribution is -0.208. The fraction of sp³-hybridized carbons (Fsp3) is 1.00. The second-order valence-corrected chi connectivity index (χ2v) is 8.23. The molecule has 2 fully saturated rings. The third-order valence-corrected chi connectivity index (χ3v) is 6.43. The lowest BCUT2D eigenvalue weighted by atomic mass is 9.81. The summed E-state index contributed by atoms with van der Waals surface area (Å²) in [4.78, 5) is 0. The fourth-order valence-corrected chi connectivity index (χ4v) is 4.39. The Balaban J connectivity index is 0.00000392. The van der Waals surface area contributed by atoms with Gasteiger partial charge in [0, 0.05) is 32.0 Å². The molecule has 4 unspecified atom stereocenters. The topological polar surface area (TPSA) is 86.6 Å². The molecule has 2 heterocycles. The van der Waals surface area contributed by atoms with Gasteiger partial charge in [-0.15, -0.1) is 0 Å². The zero-order valence-corrected chi connectivity index (χ0v) is 17.5. The molecule has 0 aromatic heterocycles. The lowest BCUT2D eigenvalue weighted by Crippen LogP contribution is -2.53. The van der Waals surface area contributed by atoms with Gasteiger partial charge in [-0.2, -0.15) is 0 Å². The minimum Gasteiger partial charge on any atom is -0.392 e. The summed E-state index contributed by atoms with van der Waals surface area (Å²) < 4.78 is 28.3. The Bertz CT molecular complexity index is 435. The van der Waals surface area contributed by atoms with Crippen LogP contribution in [-0.4, -0.2) is 87.5 Å². The van der Waals surface area contributed by atoms with Crippen molar-refractivity contribution in [2.75, 3.05) is 40.6 Å². The Kier molecular flexibility index (Phi) is 10.8. The molecule has 168 valence electrons. The lowest BCUT2D eigenvalue weighted by Gasteiger charge is -2.44. The summed E-state index contributed by atoms with van der Waals surface area (Å²) in [6.07, 6.45) is -1.74. The summed E-state index contributed by atoms with van der Waals surface area (Å²) in [6.45, 7) is 9.66. The number of hydrogen-bond acceptors (Lipinski definition) is 7. The van der Waals surface area contributed by atoms with Gasteiger partial charge < -0.3 is 33.9 Å². The first kappa shape index (κ1) is 25.8. The Hall–Kier alpha value is -0.280. The van der Waals surface area contributed by atoms with Gasteiger partial charge in [0.1, 0.15) is 6.10 Å². The van der Waals surface area contributed by atoms with Crippen molar-refractivity contribution in [3.05, 3.63) is 0 Å². The van der Waals surface area contributed by atoms with Gasteiger partial charge in [0.25, 0.3) is 0 Å². The smallest absolute Gasteiger partial charge is 0.107 e. The van der Waals surface area contributed by atoms with Crippen molar-refractivity contribution in [2.24, 2.45) is 23.7 Å². The third kappa shape index (κ3) is 5.88. The largest absolute Gasteiger partial charge is 0.392 e. The summed E-state index contributed by atoms with van der Waals surface area (Å²) in [5.74, 6) is 0.0825. The van der Waals surface area contributed by atoms with Crippen molar-refractivity contribution in [2.45, 2.75) is 71.7 Å². The van der Waals surface area contributed by atoms with Crippen LogP contribution in [-0.2, 0) is 23.7 Å². The molecule has 0 spiro atoms. The average molecular weight is 407 g/mol. The molecule has 2 saturated heterocycles. The normalized spacial score (nSPS) is 44.1. The number of ether oxygens (including phenoxy) is 5. The minimum atomic E-state index is -0.601. The molecule has 2 aliphatic rings. The quantitative estimate of drug-likeness (QED) is 0.635. The highest BCUT2D eigenvalue weighted by Gasteiger charge is 2.43. The van der Waals surface area contributed by atoms with Crippen molar-refractivity contribution >= 4 is 0 Å². The highest BCUT2D eigenvalue weighted by molar-refractivity contribution is 4.90. The molecular weight excluding hydrogens is 364 g/mol. The first-order chi connectivity index (χ1) is 12.8. The minimum absolute atomic E-state index is 0. The SMILES string of the molecule is C.COC[C@@H]1OC(C)[C@@H](COC[C@@H]2OC(C)[C@@H](COC)[C@@H](C)C2O)[C@@H](O)C1C. The van der Waals surface area contributed by atoms with Crippen LogP contribution >= 0.6 is 0 Å². The van der Waals surface area contributed by atoms with E-state index in [4.69, 9.17) is 23.7 Å².